The summed E-state index contributed by atoms with van der Waals surface area (Å²) in [4.78, 5) is 24.8. The first kappa shape index (κ1) is 23.3. The summed E-state index contributed by atoms with van der Waals surface area (Å²) >= 11 is 0. The van der Waals surface area contributed by atoms with Crippen LogP contribution in [0.3, 0.4) is 0 Å². The van der Waals surface area contributed by atoms with Gasteiger partial charge in [0, 0.05) is 0 Å². The second-order valence-electron chi connectivity index (χ2n) is 9.61. The van der Waals surface area contributed by atoms with Crippen LogP contribution in [0.2, 0.25) is 0 Å². The Morgan fingerprint density at radius 1 is 0.879 bits per heavy atom. The van der Waals surface area contributed by atoms with E-state index in [2.05, 4.69) is 49.4 Å². The topological polar surface area (TPSA) is 52.6 Å². The molecule has 33 heavy (non-hydrogen) atoms. The highest BCUT2D eigenvalue weighted by atomic mass is 16.5. The molecular formula is C29H34O4. The largest absolute Gasteiger partial charge is 0.462 e. The summed E-state index contributed by atoms with van der Waals surface area (Å²) in [5.74, 6) is -0.476. The predicted molar refractivity (Wildman–Crippen MR) is 132 cm³/mol. The molecule has 3 aromatic carbocycles. The van der Waals surface area contributed by atoms with Crippen LogP contribution in [0.15, 0.2) is 48.5 Å². The van der Waals surface area contributed by atoms with Crippen molar-refractivity contribution >= 4 is 33.5 Å². The third kappa shape index (κ3) is 5.38. The third-order valence-corrected chi connectivity index (χ3v) is 7.04. The van der Waals surface area contributed by atoms with Gasteiger partial charge in [-0.15, -0.1) is 0 Å². The van der Waals surface area contributed by atoms with E-state index < -0.39 is 0 Å². The van der Waals surface area contributed by atoms with Crippen molar-refractivity contribution in [3.05, 3.63) is 59.7 Å². The summed E-state index contributed by atoms with van der Waals surface area (Å²) in [7, 11) is 0. The molecule has 4 heteroatoms. The molecule has 4 rings (SSSR count). The van der Waals surface area contributed by atoms with Gasteiger partial charge in [0.05, 0.1) is 11.8 Å². The molecule has 0 aromatic heterocycles. The molecule has 2 atom stereocenters. The van der Waals surface area contributed by atoms with E-state index >= 15 is 0 Å². The standard InChI is InChI=1S/C29H34O4/c1-5-19(3)28(30)33-27-12-10-21(11-13-27)29(31)32-20(4)22-8-9-24-16-23-7-6-18(2)14-25(23)17-26(24)15-22/h6-9,14-17,19-21,27H,5,10-13H2,1-4H3. The number of ether oxygens (including phenoxy) is 2. The van der Waals surface area contributed by atoms with Crippen LogP contribution >= 0.6 is 0 Å². The molecule has 1 aliphatic carbocycles. The zero-order valence-electron chi connectivity index (χ0n) is 20.1. The van der Waals surface area contributed by atoms with Gasteiger partial charge < -0.3 is 9.47 Å². The SMILES string of the molecule is CCC(C)C(=O)OC1CCC(C(=O)OC(C)c2ccc3cc4ccc(C)cc4cc3c2)CC1. The van der Waals surface area contributed by atoms with E-state index in [0.717, 1.165) is 30.2 Å². The molecule has 1 fully saturated rings. The van der Waals surface area contributed by atoms with Gasteiger partial charge in [-0.25, -0.2) is 0 Å². The maximum Gasteiger partial charge on any atom is 0.309 e. The number of benzene rings is 3. The monoisotopic (exact) mass is 446 g/mol. The fraction of sp³-hybridized carbons (Fsp3) is 0.448. The normalized spacial score (nSPS) is 20.4. The van der Waals surface area contributed by atoms with Crippen molar-refractivity contribution in [1.29, 1.82) is 0 Å². The molecule has 0 N–H and O–H groups in total. The van der Waals surface area contributed by atoms with Crippen molar-refractivity contribution in [1.82, 2.24) is 0 Å². The van der Waals surface area contributed by atoms with Gasteiger partial charge in [-0.3, -0.25) is 9.59 Å². The maximum absolute atomic E-state index is 12.8. The molecule has 0 aliphatic heterocycles. The minimum atomic E-state index is -0.309. The number of carbonyl (C=O) groups is 2. The van der Waals surface area contributed by atoms with Crippen molar-refractivity contribution < 1.29 is 19.1 Å². The molecule has 0 saturated heterocycles. The van der Waals surface area contributed by atoms with Crippen molar-refractivity contribution in [2.24, 2.45) is 11.8 Å². The molecule has 0 heterocycles. The minimum absolute atomic E-state index is 0.0718. The number of fused-ring (bicyclic) bond motifs is 2. The van der Waals surface area contributed by atoms with E-state index in [1.54, 1.807) is 0 Å². The van der Waals surface area contributed by atoms with E-state index in [-0.39, 0.29) is 36.0 Å². The molecule has 0 bridgehead atoms. The molecule has 0 amide bonds. The smallest absolute Gasteiger partial charge is 0.309 e. The number of aryl methyl sites for hydroxylation is 1. The van der Waals surface area contributed by atoms with Gasteiger partial charge >= 0.3 is 11.9 Å². The van der Waals surface area contributed by atoms with Crippen molar-refractivity contribution in [2.75, 3.05) is 0 Å². The fourth-order valence-electron chi connectivity index (χ4n) is 4.59. The van der Waals surface area contributed by atoms with Gasteiger partial charge in [0.1, 0.15) is 12.2 Å². The highest BCUT2D eigenvalue weighted by molar-refractivity contribution is 5.98. The second-order valence-corrected chi connectivity index (χ2v) is 9.61. The van der Waals surface area contributed by atoms with Gasteiger partial charge in [0.25, 0.3) is 0 Å². The summed E-state index contributed by atoms with van der Waals surface area (Å²) in [5.41, 5.74) is 2.24. The van der Waals surface area contributed by atoms with E-state index in [0.29, 0.717) is 12.8 Å². The summed E-state index contributed by atoms with van der Waals surface area (Å²) in [6.45, 7) is 7.91. The quantitative estimate of drug-likeness (QED) is 0.301. The number of esters is 2. The number of rotatable bonds is 6. The summed E-state index contributed by atoms with van der Waals surface area (Å²) in [6.07, 6.45) is 3.24. The highest BCUT2D eigenvalue weighted by Crippen LogP contribution is 2.31. The number of hydrogen-bond acceptors (Lipinski definition) is 4. The highest BCUT2D eigenvalue weighted by Gasteiger charge is 2.31. The van der Waals surface area contributed by atoms with Gasteiger partial charge in [0.2, 0.25) is 0 Å². The van der Waals surface area contributed by atoms with Crippen LogP contribution in [0, 0.1) is 18.8 Å². The van der Waals surface area contributed by atoms with Crippen molar-refractivity contribution in [3.63, 3.8) is 0 Å². The van der Waals surface area contributed by atoms with Crippen molar-refractivity contribution in [3.8, 4) is 0 Å². The fourth-order valence-corrected chi connectivity index (χ4v) is 4.59. The van der Waals surface area contributed by atoms with Crippen LogP contribution in [0.25, 0.3) is 21.5 Å². The van der Waals surface area contributed by atoms with E-state index in [1.165, 1.54) is 21.7 Å². The lowest BCUT2D eigenvalue weighted by Crippen LogP contribution is -2.30. The van der Waals surface area contributed by atoms with Gasteiger partial charge in [-0.05, 0) is 91.3 Å². The van der Waals surface area contributed by atoms with Crippen molar-refractivity contribution in [2.45, 2.75) is 72.0 Å². The molecule has 1 aliphatic rings. The molecule has 2 unspecified atom stereocenters. The van der Waals surface area contributed by atoms with Crippen LogP contribution in [-0.2, 0) is 19.1 Å². The Hall–Kier alpha value is -2.88. The lowest BCUT2D eigenvalue weighted by molar-refractivity contribution is -0.159. The van der Waals surface area contributed by atoms with Gasteiger partial charge in [0.15, 0.2) is 0 Å². The minimum Gasteiger partial charge on any atom is -0.462 e. The maximum atomic E-state index is 12.8. The van der Waals surface area contributed by atoms with E-state index in [9.17, 15) is 9.59 Å². The molecule has 0 radical (unpaired) electrons. The lowest BCUT2D eigenvalue weighted by atomic mass is 9.87. The predicted octanol–water partition coefficient (Wildman–Crippen LogP) is 7.05. The molecule has 4 nitrogen and oxygen atoms in total. The van der Waals surface area contributed by atoms with E-state index in [4.69, 9.17) is 9.47 Å². The Morgan fingerprint density at radius 3 is 2.21 bits per heavy atom. The summed E-state index contributed by atoms with van der Waals surface area (Å²) in [6, 6.07) is 17.2. The van der Waals surface area contributed by atoms with Crippen LogP contribution < -0.4 is 0 Å². The Balaban J connectivity index is 1.37. The zero-order chi connectivity index (χ0) is 23.5. The zero-order valence-corrected chi connectivity index (χ0v) is 20.1. The number of hydrogen-bond donors (Lipinski definition) is 0. The average Bonchev–Trinajstić information content (AvgIpc) is 2.82. The molecular weight excluding hydrogens is 412 g/mol. The Bertz CT molecular complexity index is 1160. The Labute approximate surface area is 196 Å². The van der Waals surface area contributed by atoms with Crippen LogP contribution in [-0.4, -0.2) is 18.0 Å². The van der Waals surface area contributed by atoms with Gasteiger partial charge in [-0.2, -0.15) is 0 Å². The van der Waals surface area contributed by atoms with Gasteiger partial charge in [-0.1, -0.05) is 49.7 Å². The summed E-state index contributed by atoms with van der Waals surface area (Å²) < 4.78 is 11.5. The van der Waals surface area contributed by atoms with Crippen LogP contribution in [0.4, 0.5) is 0 Å². The third-order valence-electron chi connectivity index (χ3n) is 7.04. The van der Waals surface area contributed by atoms with Crippen LogP contribution in [0.1, 0.15) is 70.1 Å². The first-order valence-electron chi connectivity index (χ1n) is 12.2. The molecule has 3 aromatic rings. The van der Waals surface area contributed by atoms with E-state index in [1.807, 2.05) is 26.8 Å². The Kier molecular flexibility index (Phi) is 7.02. The second kappa shape index (κ2) is 9.94. The number of carbonyl (C=O) groups excluding carboxylic acids is 2. The molecule has 0 spiro atoms. The first-order chi connectivity index (χ1) is 15.8. The average molecular weight is 447 g/mol. The molecule has 174 valence electrons. The Morgan fingerprint density at radius 2 is 1.52 bits per heavy atom. The molecule has 1 saturated carbocycles. The summed E-state index contributed by atoms with van der Waals surface area (Å²) in [5, 5.41) is 4.77. The van der Waals surface area contributed by atoms with Crippen LogP contribution in [0.5, 0.6) is 0 Å². The lowest BCUT2D eigenvalue weighted by Gasteiger charge is -2.28. The first-order valence-corrected chi connectivity index (χ1v) is 12.2.